The number of oxime groups is 1. The number of nitrogen functional groups attached to an aromatic ring is 3. The molecule has 4 rings (SSSR count). The van der Waals surface area contributed by atoms with Gasteiger partial charge >= 0.3 is 5.16 Å². The summed E-state index contributed by atoms with van der Waals surface area (Å²) < 4.78 is 5.73. The van der Waals surface area contributed by atoms with Crippen LogP contribution in [0.15, 0.2) is 16.4 Å². The first-order valence-electron chi connectivity index (χ1n) is 11.3. The van der Waals surface area contributed by atoms with Gasteiger partial charge in [0.05, 0.1) is 18.6 Å². The van der Waals surface area contributed by atoms with Crippen molar-refractivity contribution in [1.29, 1.82) is 0 Å². The Balaban J connectivity index is 1.46. The van der Waals surface area contributed by atoms with Crippen molar-refractivity contribution in [2.45, 2.75) is 36.5 Å². The lowest BCUT2D eigenvalue weighted by Crippen LogP contribution is -2.75. The minimum Gasteiger partial charge on any atom is -0.549 e. The Bertz CT molecular complexity index is 1290. The lowest BCUT2D eigenvalue weighted by atomic mass is 9.89. The van der Waals surface area contributed by atoms with Gasteiger partial charge in [-0.2, -0.15) is 9.36 Å². The van der Waals surface area contributed by atoms with Gasteiger partial charge in [0, 0.05) is 35.0 Å². The number of aliphatic carboxylic acids is 1. The molecule has 2 aromatic rings. The van der Waals surface area contributed by atoms with Crippen molar-refractivity contribution in [1.82, 2.24) is 24.6 Å². The number of rotatable bonds is 10. The second-order valence-corrected chi connectivity index (χ2v) is 11.4. The zero-order chi connectivity index (χ0) is 27.6. The number of carboxylic acids is 1. The number of carbonyl (C=O) groups is 3. The smallest absolute Gasteiger partial charge is 0.300 e. The summed E-state index contributed by atoms with van der Waals surface area (Å²) in [7, 11) is 1.26. The molecular formula is C20H26N10O5S3. The number of carboxylic acid groups (broad SMARTS) is 1. The molecule has 0 bridgehead atoms. The summed E-state index contributed by atoms with van der Waals surface area (Å²) in [5, 5.41) is 18.8. The van der Waals surface area contributed by atoms with Crippen molar-refractivity contribution in [2.75, 3.05) is 42.4 Å². The van der Waals surface area contributed by atoms with E-state index in [0.29, 0.717) is 17.5 Å². The third kappa shape index (κ3) is 5.28. The molecule has 0 spiro atoms. The van der Waals surface area contributed by atoms with Crippen molar-refractivity contribution in [3.63, 3.8) is 0 Å². The lowest BCUT2D eigenvalue weighted by molar-refractivity contribution is -0.723. The van der Waals surface area contributed by atoms with E-state index in [1.807, 2.05) is 6.92 Å². The van der Waals surface area contributed by atoms with Crippen LogP contribution in [-0.2, 0) is 25.8 Å². The van der Waals surface area contributed by atoms with Crippen LogP contribution in [0, 0.1) is 5.41 Å². The number of nitrogens with one attached hydrogen (secondary N) is 1. The van der Waals surface area contributed by atoms with E-state index in [1.54, 1.807) is 10.6 Å². The molecule has 38 heavy (non-hydrogen) atoms. The number of hydrogen-bond acceptors (Lipinski definition) is 15. The Kier molecular flexibility index (Phi) is 8.12. The first kappa shape index (κ1) is 27.6. The zero-order valence-corrected chi connectivity index (χ0v) is 22.9. The Morgan fingerprint density at radius 2 is 2.16 bits per heavy atom. The molecule has 0 saturated carbocycles. The highest BCUT2D eigenvalue weighted by Crippen LogP contribution is 2.43. The fourth-order valence-electron chi connectivity index (χ4n) is 4.02. The molecule has 2 aliphatic heterocycles. The monoisotopic (exact) mass is 582 g/mol. The molecule has 18 heteroatoms. The number of thioether (sulfide) groups is 2. The number of anilines is 3. The van der Waals surface area contributed by atoms with Crippen LogP contribution >= 0.6 is 35.1 Å². The van der Waals surface area contributed by atoms with Crippen LogP contribution in [-0.4, -0.2) is 79.3 Å². The van der Waals surface area contributed by atoms with Gasteiger partial charge in [-0.25, -0.2) is 4.57 Å². The van der Waals surface area contributed by atoms with Gasteiger partial charge in [-0.15, -0.1) is 11.8 Å². The second kappa shape index (κ2) is 11.2. The maximum Gasteiger partial charge on any atom is 0.300 e. The number of amides is 2. The van der Waals surface area contributed by atoms with Crippen LogP contribution in [0.2, 0.25) is 0 Å². The van der Waals surface area contributed by atoms with Crippen molar-refractivity contribution in [3.05, 3.63) is 11.9 Å². The van der Waals surface area contributed by atoms with E-state index in [4.69, 9.17) is 22.0 Å². The molecule has 2 aliphatic rings. The Morgan fingerprint density at radius 3 is 2.79 bits per heavy atom. The first-order valence-corrected chi connectivity index (χ1v) is 14.1. The maximum absolute atomic E-state index is 13.0. The van der Waals surface area contributed by atoms with Crippen LogP contribution < -0.4 is 32.2 Å². The standard InChI is InChI=1S/C20H26N10O5S3/c1-3-4-29-10(22)5-9(21)24-19(29)37-8-20(17(33)34)6-30-15(32)12(16(30)36-7-20)25-14(31)11(27-35-2)13-26-18(23)38-28-13/h5,12,16H,3-4,6-8H2,1-2H3,(H7,21,22,23,25,26,28,31,33,34)/t12?,16-,20?/m1/s1. The Hall–Kier alpha value is -3.38. The van der Waals surface area contributed by atoms with E-state index in [2.05, 4.69) is 24.8 Å². The van der Waals surface area contributed by atoms with Crippen LogP contribution in [0.25, 0.3) is 0 Å². The van der Waals surface area contributed by atoms with E-state index in [0.717, 1.165) is 18.0 Å². The quantitative estimate of drug-likeness (QED) is 0.0575. The van der Waals surface area contributed by atoms with Crippen molar-refractivity contribution in [3.8, 4) is 0 Å². The highest BCUT2D eigenvalue weighted by molar-refractivity contribution is 8.00. The normalized spacial score (nSPS) is 22.9. The fraction of sp³-hybridized carbons (Fsp3) is 0.500. The zero-order valence-electron chi connectivity index (χ0n) is 20.4. The Morgan fingerprint density at radius 1 is 1.39 bits per heavy atom. The lowest BCUT2D eigenvalue weighted by Gasteiger charge is -2.55. The number of carbonyl (C=O) groups excluding carboxylic acids is 3. The van der Waals surface area contributed by atoms with E-state index in [1.165, 1.54) is 35.5 Å². The van der Waals surface area contributed by atoms with E-state index >= 15 is 0 Å². The molecular weight excluding hydrogens is 556 g/mol. The molecule has 2 fully saturated rings. The molecule has 0 aromatic carbocycles. The Labute approximate surface area is 229 Å². The number of nitrogens with two attached hydrogens (primary N) is 3. The number of β-lactam (4-membered cyclic amide) rings is 1. The average Bonchev–Trinajstić information content (AvgIpc) is 3.31. The number of fused-ring (bicyclic) bond motifs is 1. The molecule has 15 nitrogen and oxygen atoms in total. The van der Waals surface area contributed by atoms with Crippen molar-refractivity contribution >= 4 is 75.3 Å². The highest BCUT2D eigenvalue weighted by atomic mass is 32.2. The van der Waals surface area contributed by atoms with Gasteiger partial charge in [0.1, 0.15) is 18.5 Å². The summed E-state index contributed by atoms with van der Waals surface area (Å²) in [4.78, 5) is 52.6. The summed E-state index contributed by atoms with van der Waals surface area (Å²) >= 11 is 3.32. The van der Waals surface area contributed by atoms with Gasteiger partial charge < -0.3 is 42.2 Å². The first-order chi connectivity index (χ1) is 18.1. The average molecular weight is 583 g/mol. The summed E-state index contributed by atoms with van der Waals surface area (Å²) in [6, 6.07) is 0.657. The third-order valence-corrected chi connectivity index (χ3v) is 9.30. The van der Waals surface area contributed by atoms with E-state index in [9.17, 15) is 19.5 Å². The fourth-order valence-corrected chi connectivity index (χ4v) is 7.36. The van der Waals surface area contributed by atoms with E-state index < -0.39 is 34.6 Å². The number of aromatic nitrogens is 4. The van der Waals surface area contributed by atoms with Gasteiger partial charge in [0.15, 0.2) is 5.13 Å². The topological polar surface area (TPSA) is 232 Å². The van der Waals surface area contributed by atoms with Gasteiger partial charge in [0.2, 0.25) is 29.1 Å². The molecule has 2 amide bonds. The van der Waals surface area contributed by atoms with Gasteiger partial charge in [-0.3, -0.25) is 9.59 Å². The summed E-state index contributed by atoms with van der Waals surface area (Å²) in [6.45, 7) is 2.48. The SMILES string of the molecule is CCC[n+]1c(N)cc(N)nc1SCC1(C(=O)[O-])CS[C@@H]2C(NC(=O)C(=NOC)c3nsc(N)n3)C(=O)N2C1. The summed E-state index contributed by atoms with van der Waals surface area (Å²) in [6.07, 6.45) is 0.787. The van der Waals surface area contributed by atoms with Crippen LogP contribution in [0.3, 0.4) is 0 Å². The molecule has 2 aromatic heterocycles. The molecule has 204 valence electrons. The maximum atomic E-state index is 13.0. The second-order valence-electron chi connectivity index (χ2n) is 8.59. The third-order valence-electron chi connectivity index (χ3n) is 5.90. The predicted molar refractivity (Wildman–Crippen MR) is 139 cm³/mol. The van der Waals surface area contributed by atoms with Gasteiger partial charge in [-0.05, 0) is 6.42 Å². The van der Waals surface area contributed by atoms with Crippen LogP contribution in [0.4, 0.5) is 16.8 Å². The highest BCUT2D eigenvalue weighted by Gasteiger charge is 2.56. The van der Waals surface area contributed by atoms with Crippen molar-refractivity contribution < 1.29 is 28.9 Å². The molecule has 0 aliphatic carbocycles. The number of nitrogens with zero attached hydrogens (tertiary/aromatic N) is 6. The minimum absolute atomic E-state index is 0.0316. The number of hydrogen-bond donors (Lipinski definition) is 4. The minimum atomic E-state index is -1.35. The molecule has 4 heterocycles. The van der Waals surface area contributed by atoms with Crippen LogP contribution in [0.5, 0.6) is 0 Å². The van der Waals surface area contributed by atoms with Gasteiger partial charge in [0.25, 0.3) is 5.91 Å². The summed E-state index contributed by atoms with van der Waals surface area (Å²) in [5.74, 6) is -1.59. The summed E-state index contributed by atoms with van der Waals surface area (Å²) in [5.41, 5.74) is 16.0. The largest absolute Gasteiger partial charge is 0.549 e. The molecule has 3 atom stereocenters. The van der Waals surface area contributed by atoms with Crippen molar-refractivity contribution in [2.24, 2.45) is 10.6 Å². The van der Waals surface area contributed by atoms with Gasteiger partial charge in [-0.1, -0.05) is 28.8 Å². The molecule has 2 saturated heterocycles. The predicted octanol–water partition coefficient (Wildman–Crippen LogP) is -2.34. The van der Waals surface area contributed by atoms with E-state index in [-0.39, 0.29) is 40.5 Å². The van der Waals surface area contributed by atoms with Crippen LogP contribution in [0.1, 0.15) is 19.2 Å². The molecule has 0 radical (unpaired) electrons. The molecule has 2 unspecified atom stereocenters. The molecule has 7 N–H and O–H groups in total.